The smallest absolute Gasteiger partial charge is 0.163 e. The van der Waals surface area contributed by atoms with E-state index in [1.54, 1.807) is 7.11 Å². The first-order valence-electron chi connectivity index (χ1n) is 7.01. The second-order valence-corrected chi connectivity index (χ2v) is 5.39. The fourth-order valence-corrected chi connectivity index (χ4v) is 2.78. The number of benzene rings is 1. The van der Waals surface area contributed by atoms with Crippen LogP contribution in [0.3, 0.4) is 0 Å². The molecule has 0 bridgehead atoms. The molecule has 1 saturated heterocycles. The summed E-state index contributed by atoms with van der Waals surface area (Å²) in [5.74, 6) is 1.67. The van der Waals surface area contributed by atoms with Crippen molar-refractivity contribution in [3.05, 3.63) is 28.8 Å². The highest BCUT2D eigenvalue weighted by Crippen LogP contribution is 2.26. The number of hydrogen-bond acceptors (Lipinski definition) is 3. The molecule has 0 aliphatic carbocycles. The topological polar surface area (TPSA) is 38.3 Å². The van der Waals surface area contributed by atoms with Gasteiger partial charge in [-0.15, -0.1) is 0 Å². The minimum atomic E-state index is 0.273. The lowest BCUT2D eigenvalue weighted by atomic mass is 9.88. The normalized spacial score (nSPS) is 16.4. The summed E-state index contributed by atoms with van der Waals surface area (Å²) in [5, 5.41) is 3.34. The van der Waals surface area contributed by atoms with Gasteiger partial charge in [0.15, 0.2) is 5.78 Å². The minimum absolute atomic E-state index is 0.273. The van der Waals surface area contributed by atoms with E-state index in [1.165, 1.54) is 0 Å². The third-order valence-corrected chi connectivity index (χ3v) is 4.19. The van der Waals surface area contributed by atoms with Gasteiger partial charge in [0.2, 0.25) is 0 Å². The highest BCUT2D eigenvalue weighted by Gasteiger charge is 2.19. The number of nitrogens with one attached hydrogen (secondary N) is 1. The van der Waals surface area contributed by atoms with Crippen molar-refractivity contribution < 1.29 is 9.53 Å². The van der Waals surface area contributed by atoms with Crippen molar-refractivity contribution in [3.63, 3.8) is 0 Å². The Hall–Kier alpha value is -1.35. The van der Waals surface area contributed by atoms with E-state index in [1.807, 2.05) is 26.0 Å². The molecule has 3 nitrogen and oxygen atoms in total. The second kappa shape index (κ2) is 6.20. The fourth-order valence-electron chi connectivity index (χ4n) is 2.78. The standard InChI is InChI=1S/C16H23NO2/c1-11-12(2)16(19-3)5-4-14(11)15(18)10-13-6-8-17-9-7-13/h4-5,13,17H,6-10H2,1-3H3. The van der Waals surface area contributed by atoms with Gasteiger partial charge in [-0.2, -0.15) is 0 Å². The molecule has 0 radical (unpaired) electrons. The van der Waals surface area contributed by atoms with Crippen LogP contribution in [-0.2, 0) is 0 Å². The minimum Gasteiger partial charge on any atom is -0.496 e. The van der Waals surface area contributed by atoms with E-state index in [2.05, 4.69) is 5.32 Å². The fraction of sp³-hybridized carbons (Fsp3) is 0.562. The number of hydrogen-bond donors (Lipinski definition) is 1. The molecule has 0 spiro atoms. The Morgan fingerprint density at radius 1 is 1.26 bits per heavy atom. The summed E-state index contributed by atoms with van der Waals surface area (Å²) in [5.41, 5.74) is 2.98. The van der Waals surface area contributed by atoms with E-state index in [9.17, 15) is 4.79 Å². The van der Waals surface area contributed by atoms with Gasteiger partial charge in [0, 0.05) is 12.0 Å². The Morgan fingerprint density at radius 3 is 2.58 bits per heavy atom. The molecule has 1 fully saturated rings. The van der Waals surface area contributed by atoms with Gasteiger partial charge in [0.1, 0.15) is 5.75 Å². The van der Waals surface area contributed by atoms with Crippen molar-refractivity contribution in [1.82, 2.24) is 5.32 Å². The van der Waals surface area contributed by atoms with E-state index >= 15 is 0 Å². The first kappa shape index (κ1) is 14.1. The van der Waals surface area contributed by atoms with Gasteiger partial charge in [0.25, 0.3) is 0 Å². The van der Waals surface area contributed by atoms with Gasteiger partial charge in [-0.1, -0.05) is 0 Å². The molecule has 1 aromatic rings. The van der Waals surface area contributed by atoms with Crippen LogP contribution in [0.1, 0.15) is 40.7 Å². The molecule has 0 aromatic heterocycles. The number of ketones is 1. The maximum absolute atomic E-state index is 12.4. The van der Waals surface area contributed by atoms with Crippen molar-refractivity contribution in [2.24, 2.45) is 5.92 Å². The van der Waals surface area contributed by atoms with Crippen LogP contribution in [0, 0.1) is 19.8 Å². The molecule has 3 heteroatoms. The zero-order valence-corrected chi connectivity index (χ0v) is 12.1. The Balaban J connectivity index is 2.12. The predicted octanol–water partition coefficient (Wildman–Crippen LogP) is 2.88. The van der Waals surface area contributed by atoms with Gasteiger partial charge in [0.05, 0.1) is 7.11 Å². The average molecular weight is 261 g/mol. The number of Topliss-reactive ketones (excluding diaryl/α,β-unsaturated/α-hetero) is 1. The molecule has 0 amide bonds. The summed E-state index contributed by atoms with van der Waals surface area (Å²) in [6, 6.07) is 3.81. The largest absolute Gasteiger partial charge is 0.496 e. The van der Waals surface area contributed by atoms with E-state index < -0.39 is 0 Å². The highest BCUT2D eigenvalue weighted by atomic mass is 16.5. The third kappa shape index (κ3) is 3.16. The Morgan fingerprint density at radius 2 is 1.95 bits per heavy atom. The van der Waals surface area contributed by atoms with Crippen LogP contribution in [0.5, 0.6) is 5.75 Å². The molecule has 19 heavy (non-hydrogen) atoms. The van der Waals surface area contributed by atoms with E-state index in [0.717, 1.165) is 48.4 Å². The molecule has 1 heterocycles. The Bertz CT molecular complexity index is 462. The Labute approximate surface area is 115 Å². The van der Waals surface area contributed by atoms with Crippen LogP contribution in [0.25, 0.3) is 0 Å². The number of methoxy groups -OCH3 is 1. The molecule has 2 rings (SSSR count). The number of piperidine rings is 1. The molecule has 0 unspecified atom stereocenters. The number of rotatable bonds is 4. The van der Waals surface area contributed by atoms with E-state index in [4.69, 9.17) is 4.74 Å². The lowest BCUT2D eigenvalue weighted by molar-refractivity contribution is 0.0951. The molecule has 104 valence electrons. The lowest BCUT2D eigenvalue weighted by Crippen LogP contribution is -2.29. The molecular formula is C16H23NO2. The Kier molecular flexibility index (Phi) is 4.59. The number of ether oxygens (including phenoxy) is 1. The maximum Gasteiger partial charge on any atom is 0.163 e. The summed E-state index contributed by atoms with van der Waals surface area (Å²) in [4.78, 5) is 12.4. The van der Waals surface area contributed by atoms with Gasteiger partial charge >= 0.3 is 0 Å². The van der Waals surface area contributed by atoms with E-state index in [-0.39, 0.29) is 5.78 Å². The summed E-state index contributed by atoms with van der Waals surface area (Å²) in [6.45, 7) is 6.10. The van der Waals surface area contributed by atoms with Crippen LogP contribution in [-0.4, -0.2) is 26.0 Å². The van der Waals surface area contributed by atoms with Crippen LogP contribution >= 0.6 is 0 Å². The molecule has 0 atom stereocenters. The molecule has 1 aliphatic rings. The molecule has 0 saturated carbocycles. The number of carbonyl (C=O) groups excluding carboxylic acids is 1. The summed E-state index contributed by atoms with van der Waals surface area (Å²) >= 11 is 0. The van der Waals surface area contributed by atoms with Crippen molar-refractivity contribution in [3.8, 4) is 5.75 Å². The second-order valence-electron chi connectivity index (χ2n) is 5.39. The first-order chi connectivity index (χ1) is 9.13. The zero-order valence-electron chi connectivity index (χ0n) is 12.1. The monoisotopic (exact) mass is 261 g/mol. The van der Waals surface area contributed by atoms with Crippen LogP contribution in [0.15, 0.2) is 12.1 Å². The predicted molar refractivity (Wildman–Crippen MR) is 77.0 cm³/mol. The van der Waals surface area contributed by atoms with Gasteiger partial charge in [-0.3, -0.25) is 4.79 Å². The van der Waals surface area contributed by atoms with Gasteiger partial charge < -0.3 is 10.1 Å². The number of carbonyl (C=O) groups is 1. The van der Waals surface area contributed by atoms with Crippen molar-refractivity contribution in [2.45, 2.75) is 33.1 Å². The van der Waals surface area contributed by atoms with Crippen molar-refractivity contribution in [2.75, 3.05) is 20.2 Å². The highest BCUT2D eigenvalue weighted by molar-refractivity contribution is 5.98. The zero-order chi connectivity index (χ0) is 13.8. The SMILES string of the molecule is COc1ccc(C(=O)CC2CCNCC2)c(C)c1C. The summed E-state index contributed by atoms with van der Waals surface area (Å²) in [6.07, 6.45) is 2.90. The molecule has 1 N–H and O–H groups in total. The van der Waals surface area contributed by atoms with Crippen LogP contribution in [0.2, 0.25) is 0 Å². The van der Waals surface area contributed by atoms with Crippen molar-refractivity contribution in [1.29, 1.82) is 0 Å². The molecule has 1 aromatic carbocycles. The quantitative estimate of drug-likeness (QED) is 0.847. The van der Waals surface area contributed by atoms with E-state index in [0.29, 0.717) is 12.3 Å². The maximum atomic E-state index is 12.4. The third-order valence-electron chi connectivity index (χ3n) is 4.19. The van der Waals surface area contributed by atoms with Crippen LogP contribution in [0.4, 0.5) is 0 Å². The van der Waals surface area contributed by atoms with Gasteiger partial charge in [-0.05, 0) is 69.0 Å². The summed E-state index contributed by atoms with van der Waals surface area (Å²) in [7, 11) is 1.66. The average Bonchev–Trinajstić information content (AvgIpc) is 2.42. The first-order valence-corrected chi connectivity index (χ1v) is 7.01. The van der Waals surface area contributed by atoms with Gasteiger partial charge in [-0.25, -0.2) is 0 Å². The summed E-state index contributed by atoms with van der Waals surface area (Å²) < 4.78 is 5.29. The lowest BCUT2D eigenvalue weighted by Gasteiger charge is -2.22. The van der Waals surface area contributed by atoms with Crippen LogP contribution < -0.4 is 10.1 Å². The molecule has 1 aliphatic heterocycles. The van der Waals surface area contributed by atoms with Crippen molar-refractivity contribution >= 4 is 5.78 Å². The molecular weight excluding hydrogens is 238 g/mol.